The van der Waals surface area contributed by atoms with Gasteiger partial charge in [0.05, 0.1) is 0 Å². The number of carbonyl (C=O) groups excluding carboxylic acids is 2. The average Bonchev–Trinajstić information content (AvgIpc) is 2.64. The molecule has 1 unspecified atom stereocenters. The van der Waals surface area contributed by atoms with Crippen LogP contribution in [0.15, 0.2) is 0 Å². The van der Waals surface area contributed by atoms with Gasteiger partial charge in [-0.1, -0.05) is 13.3 Å². The predicted molar refractivity (Wildman–Crippen MR) is 59.5 cm³/mol. The summed E-state index contributed by atoms with van der Waals surface area (Å²) in [4.78, 5) is 24.9. The Kier molecular flexibility index (Phi) is 4.29. The SMILES string of the molecule is CCCC(CCO)(C(N)=O)N1CCCC1=O. The minimum atomic E-state index is -0.975. The van der Waals surface area contributed by atoms with E-state index in [4.69, 9.17) is 10.8 Å². The highest BCUT2D eigenvalue weighted by atomic mass is 16.3. The number of hydrogen-bond acceptors (Lipinski definition) is 3. The van der Waals surface area contributed by atoms with Crippen molar-refractivity contribution in [3.63, 3.8) is 0 Å². The molecule has 0 radical (unpaired) electrons. The van der Waals surface area contributed by atoms with Gasteiger partial charge in [0.1, 0.15) is 5.54 Å². The molecule has 0 bridgehead atoms. The predicted octanol–water partition coefficient (Wildman–Crippen LogP) is 0.0154. The number of amides is 2. The standard InChI is InChI=1S/C11H20N2O3/c1-2-5-11(6-8-14,10(12)16)13-7-3-4-9(13)15/h14H,2-8H2,1H3,(H2,12,16). The van der Waals surface area contributed by atoms with E-state index in [0.29, 0.717) is 19.4 Å². The molecule has 1 heterocycles. The normalized spacial score (nSPS) is 19.9. The van der Waals surface area contributed by atoms with E-state index in [1.165, 1.54) is 0 Å². The van der Waals surface area contributed by atoms with E-state index in [0.717, 1.165) is 12.8 Å². The lowest BCUT2D eigenvalue weighted by molar-refractivity contribution is -0.144. The Labute approximate surface area is 95.6 Å². The number of aliphatic hydroxyl groups is 1. The minimum Gasteiger partial charge on any atom is -0.396 e. The molecule has 0 saturated carbocycles. The minimum absolute atomic E-state index is 0.0271. The van der Waals surface area contributed by atoms with Crippen molar-refractivity contribution in [2.45, 2.75) is 44.6 Å². The first-order valence-corrected chi connectivity index (χ1v) is 5.79. The number of nitrogens with two attached hydrogens (primary N) is 1. The molecule has 0 aromatic heterocycles. The Morgan fingerprint density at radius 3 is 2.62 bits per heavy atom. The zero-order chi connectivity index (χ0) is 12.2. The molecule has 1 fully saturated rings. The lowest BCUT2D eigenvalue weighted by Gasteiger charge is -2.39. The number of primary amides is 1. The molecular weight excluding hydrogens is 208 g/mol. The third kappa shape index (κ3) is 2.19. The van der Waals surface area contributed by atoms with Crippen LogP contribution in [0.25, 0.3) is 0 Å². The molecule has 0 spiro atoms. The van der Waals surface area contributed by atoms with Gasteiger partial charge in [-0.25, -0.2) is 0 Å². The monoisotopic (exact) mass is 228 g/mol. The summed E-state index contributed by atoms with van der Waals surface area (Å²) in [6.45, 7) is 2.38. The van der Waals surface area contributed by atoms with E-state index in [9.17, 15) is 9.59 Å². The van der Waals surface area contributed by atoms with Crippen molar-refractivity contribution in [2.24, 2.45) is 5.73 Å². The smallest absolute Gasteiger partial charge is 0.243 e. The molecule has 2 amide bonds. The van der Waals surface area contributed by atoms with Crippen molar-refractivity contribution in [1.29, 1.82) is 0 Å². The molecule has 1 atom stereocenters. The lowest BCUT2D eigenvalue weighted by atomic mass is 9.87. The van der Waals surface area contributed by atoms with Gasteiger partial charge >= 0.3 is 0 Å². The number of hydrogen-bond donors (Lipinski definition) is 2. The second-order valence-electron chi connectivity index (χ2n) is 4.27. The summed E-state index contributed by atoms with van der Waals surface area (Å²) in [5, 5.41) is 9.08. The van der Waals surface area contributed by atoms with Gasteiger partial charge in [-0.05, 0) is 12.8 Å². The summed E-state index contributed by atoms with van der Waals surface area (Å²) >= 11 is 0. The molecular formula is C11H20N2O3. The fraction of sp³-hybridized carbons (Fsp3) is 0.818. The number of nitrogens with zero attached hydrogens (tertiary/aromatic N) is 1. The van der Waals surface area contributed by atoms with Gasteiger partial charge in [0.25, 0.3) is 0 Å². The maximum atomic E-state index is 11.7. The van der Waals surface area contributed by atoms with Gasteiger partial charge in [-0.2, -0.15) is 0 Å². The van der Waals surface area contributed by atoms with E-state index in [-0.39, 0.29) is 18.9 Å². The molecule has 1 aliphatic heterocycles. The van der Waals surface area contributed by atoms with Gasteiger partial charge in [-0.15, -0.1) is 0 Å². The summed E-state index contributed by atoms with van der Waals surface area (Å²) in [6, 6.07) is 0. The molecule has 5 heteroatoms. The van der Waals surface area contributed by atoms with Crippen LogP contribution in [0.1, 0.15) is 39.0 Å². The van der Waals surface area contributed by atoms with Crippen LogP contribution in [-0.4, -0.2) is 40.5 Å². The lowest BCUT2D eigenvalue weighted by Crippen LogP contribution is -2.58. The number of carbonyl (C=O) groups is 2. The fourth-order valence-corrected chi connectivity index (χ4v) is 2.47. The molecule has 1 aliphatic rings. The summed E-state index contributed by atoms with van der Waals surface area (Å²) in [5.74, 6) is -0.528. The highest BCUT2D eigenvalue weighted by Gasteiger charge is 2.45. The van der Waals surface area contributed by atoms with Gasteiger partial charge < -0.3 is 15.7 Å². The van der Waals surface area contributed by atoms with E-state index >= 15 is 0 Å². The van der Waals surface area contributed by atoms with Crippen LogP contribution in [0.2, 0.25) is 0 Å². The topological polar surface area (TPSA) is 83.6 Å². The molecule has 0 aromatic rings. The molecule has 3 N–H and O–H groups in total. The molecule has 5 nitrogen and oxygen atoms in total. The fourth-order valence-electron chi connectivity index (χ4n) is 2.47. The van der Waals surface area contributed by atoms with E-state index in [2.05, 4.69) is 0 Å². The molecule has 0 aromatic carbocycles. The second kappa shape index (κ2) is 5.30. The summed E-state index contributed by atoms with van der Waals surface area (Å²) < 4.78 is 0. The zero-order valence-corrected chi connectivity index (χ0v) is 9.74. The van der Waals surface area contributed by atoms with Crippen molar-refractivity contribution in [1.82, 2.24) is 4.90 Å². The Morgan fingerprint density at radius 2 is 2.25 bits per heavy atom. The zero-order valence-electron chi connectivity index (χ0n) is 9.74. The Hall–Kier alpha value is -1.10. The first-order chi connectivity index (χ1) is 7.58. The number of likely N-dealkylation sites (tertiary alicyclic amines) is 1. The highest BCUT2D eigenvalue weighted by molar-refractivity contribution is 5.91. The number of aliphatic hydroxyl groups excluding tert-OH is 1. The summed E-state index contributed by atoms with van der Waals surface area (Å²) in [5.41, 5.74) is 4.47. The van der Waals surface area contributed by atoms with Crippen molar-refractivity contribution < 1.29 is 14.7 Å². The van der Waals surface area contributed by atoms with E-state index in [1.807, 2.05) is 6.92 Å². The van der Waals surface area contributed by atoms with Gasteiger partial charge in [-0.3, -0.25) is 9.59 Å². The first-order valence-electron chi connectivity index (χ1n) is 5.79. The maximum absolute atomic E-state index is 11.7. The van der Waals surface area contributed by atoms with Crippen LogP contribution in [0.4, 0.5) is 0 Å². The maximum Gasteiger partial charge on any atom is 0.243 e. The molecule has 92 valence electrons. The molecule has 16 heavy (non-hydrogen) atoms. The summed E-state index contributed by atoms with van der Waals surface area (Å²) in [6.07, 6.45) is 2.76. The Balaban J connectivity index is 2.98. The highest BCUT2D eigenvalue weighted by Crippen LogP contribution is 2.30. The Bertz CT molecular complexity index is 272. The quantitative estimate of drug-likeness (QED) is 0.672. The van der Waals surface area contributed by atoms with Crippen LogP contribution >= 0.6 is 0 Å². The van der Waals surface area contributed by atoms with Crippen molar-refractivity contribution in [2.75, 3.05) is 13.2 Å². The third-order valence-electron chi connectivity index (χ3n) is 3.24. The average molecular weight is 228 g/mol. The first kappa shape index (κ1) is 13.0. The van der Waals surface area contributed by atoms with Crippen molar-refractivity contribution in [3.05, 3.63) is 0 Å². The van der Waals surface area contributed by atoms with Crippen LogP contribution in [0.5, 0.6) is 0 Å². The van der Waals surface area contributed by atoms with E-state index < -0.39 is 11.4 Å². The van der Waals surface area contributed by atoms with Crippen molar-refractivity contribution >= 4 is 11.8 Å². The third-order valence-corrected chi connectivity index (χ3v) is 3.24. The van der Waals surface area contributed by atoms with E-state index in [1.54, 1.807) is 4.90 Å². The van der Waals surface area contributed by atoms with Crippen LogP contribution in [-0.2, 0) is 9.59 Å². The molecule has 0 aliphatic carbocycles. The summed E-state index contributed by atoms with van der Waals surface area (Å²) in [7, 11) is 0. The van der Waals surface area contributed by atoms with Gasteiger partial charge in [0.15, 0.2) is 0 Å². The van der Waals surface area contributed by atoms with Crippen LogP contribution in [0.3, 0.4) is 0 Å². The molecule has 1 saturated heterocycles. The van der Waals surface area contributed by atoms with Crippen LogP contribution in [0, 0.1) is 0 Å². The van der Waals surface area contributed by atoms with Gasteiger partial charge in [0, 0.05) is 26.0 Å². The van der Waals surface area contributed by atoms with Gasteiger partial charge in [0.2, 0.25) is 11.8 Å². The number of rotatable bonds is 6. The van der Waals surface area contributed by atoms with Crippen LogP contribution < -0.4 is 5.73 Å². The second-order valence-corrected chi connectivity index (χ2v) is 4.27. The largest absolute Gasteiger partial charge is 0.396 e. The van der Waals surface area contributed by atoms with Crippen molar-refractivity contribution in [3.8, 4) is 0 Å². The Morgan fingerprint density at radius 1 is 1.56 bits per heavy atom. The molecule has 1 rings (SSSR count).